The fraction of sp³-hybridized carbons (Fsp3) is 1.00. The first-order valence-corrected chi connectivity index (χ1v) is 5.80. The van der Waals surface area contributed by atoms with Crippen LogP contribution in [-0.2, 0) is 0 Å². The molecule has 0 unspecified atom stereocenters. The Morgan fingerprint density at radius 1 is 1.50 bits per heavy atom. The fourth-order valence-corrected chi connectivity index (χ4v) is 1.52. The van der Waals surface area contributed by atoms with Gasteiger partial charge in [0.15, 0.2) is 0 Å². The Morgan fingerprint density at radius 3 is 2.50 bits per heavy atom. The van der Waals surface area contributed by atoms with Crippen LogP contribution in [0.5, 0.6) is 0 Å². The second-order valence-corrected chi connectivity index (χ2v) is 5.79. The van der Waals surface area contributed by atoms with Gasteiger partial charge < -0.3 is 11.1 Å². The van der Waals surface area contributed by atoms with Crippen LogP contribution in [0.15, 0.2) is 0 Å². The minimum absolute atomic E-state index is 0.361. The molecule has 0 spiro atoms. The minimum Gasteiger partial charge on any atom is -0.328 e. The van der Waals surface area contributed by atoms with Crippen molar-refractivity contribution < 1.29 is 0 Å². The van der Waals surface area contributed by atoms with Crippen LogP contribution in [-0.4, -0.2) is 29.6 Å². The van der Waals surface area contributed by atoms with E-state index in [2.05, 4.69) is 25.4 Å². The van der Waals surface area contributed by atoms with Gasteiger partial charge in [-0.05, 0) is 32.9 Å². The van der Waals surface area contributed by atoms with E-state index in [-0.39, 0.29) is 0 Å². The van der Waals surface area contributed by atoms with Gasteiger partial charge in [0.1, 0.15) is 0 Å². The summed E-state index contributed by atoms with van der Waals surface area (Å²) in [5.74, 6) is 0. The first-order valence-electron chi connectivity index (χ1n) is 4.57. The molecule has 1 fully saturated rings. The van der Waals surface area contributed by atoms with E-state index in [1.165, 1.54) is 0 Å². The minimum atomic E-state index is 0.361. The summed E-state index contributed by atoms with van der Waals surface area (Å²) in [6.45, 7) is 5.62. The molecular formula is C9H20N2S. The van der Waals surface area contributed by atoms with E-state index in [0.717, 1.165) is 19.4 Å². The maximum absolute atomic E-state index is 5.70. The molecule has 0 aromatic heterocycles. The third-order valence-corrected chi connectivity index (χ3v) is 3.79. The van der Waals surface area contributed by atoms with Crippen LogP contribution >= 0.6 is 11.8 Å². The fourth-order valence-electron chi connectivity index (χ4n) is 1.29. The molecule has 0 aromatic carbocycles. The Bertz CT molecular complexity index is 141. The number of rotatable bonds is 4. The zero-order chi connectivity index (χ0) is 9.19. The second-order valence-electron chi connectivity index (χ2n) is 4.27. The number of thioether (sulfide) groups is 1. The molecule has 12 heavy (non-hydrogen) atoms. The number of nitrogens with one attached hydrogen (secondary N) is 1. The molecule has 3 heteroatoms. The Morgan fingerprint density at radius 2 is 2.08 bits per heavy atom. The number of hydrogen-bond acceptors (Lipinski definition) is 3. The molecule has 1 aliphatic carbocycles. The van der Waals surface area contributed by atoms with Crippen LogP contribution < -0.4 is 11.1 Å². The molecule has 1 rings (SSSR count). The maximum atomic E-state index is 5.70. The van der Waals surface area contributed by atoms with Crippen LogP contribution in [0.25, 0.3) is 0 Å². The molecule has 0 saturated heterocycles. The van der Waals surface area contributed by atoms with Crippen LogP contribution in [0.3, 0.4) is 0 Å². The van der Waals surface area contributed by atoms with E-state index in [4.69, 9.17) is 5.73 Å². The van der Waals surface area contributed by atoms with E-state index in [1.807, 2.05) is 11.8 Å². The number of nitrogens with two attached hydrogens (primary N) is 1. The Balaban J connectivity index is 2.10. The predicted octanol–water partition coefficient (Wildman–Crippen LogP) is 1.21. The lowest BCUT2D eigenvalue weighted by Crippen LogP contribution is -2.51. The Labute approximate surface area is 79.7 Å². The highest BCUT2D eigenvalue weighted by Crippen LogP contribution is 2.22. The molecule has 3 N–H and O–H groups in total. The molecule has 0 aromatic rings. The van der Waals surface area contributed by atoms with Crippen molar-refractivity contribution in [3.05, 3.63) is 0 Å². The molecular weight excluding hydrogens is 168 g/mol. The van der Waals surface area contributed by atoms with Crippen molar-refractivity contribution in [2.75, 3.05) is 12.8 Å². The summed E-state index contributed by atoms with van der Waals surface area (Å²) in [6.07, 6.45) is 4.48. The van der Waals surface area contributed by atoms with Crippen molar-refractivity contribution >= 4 is 11.8 Å². The largest absolute Gasteiger partial charge is 0.328 e. The standard InChI is InChI=1S/C9H20N2S/c1-9(2,12-3)6-11-8-4-7(10)5-8/h7-8,11H,4-6,10H2,1-3H3. The van der Waals surface area contributed by atoms with Crippen molar-refractivity contribution in [1.82, 2.24) is 5.32 Å². The lowest BCUT2D eigenvalue weighted by Gasteiger charge is -2.35. The quantitative estimate of drug-likeness (QED) is 0.696. The van der Waals surface area contributed by atoms with Crippen molar-refractivity contribution in [2.24, 2.45) is 5.73 Å². The van der Waals surface area contributed by atoms with Gasteiger partial charge in [-0.1, -0.05) is 0 Å². The molecule has 0 radical (unpaired) electrons. The summed E-state index contributed by atoms with van der Waals surface area (Å²) in [6, 6.07) is 1.14. The average molecular weight is 188 g/mol. The highest BCUT2D eigenvalue weighted by Gasteiger charge is 2.27. The van der Waals surface area contributed by atoms with E-state index in [1.54, 1.807) is 0 Å². The Kier molecular flexibility index (Phi) is 3.44. The first-order chi connectivity index (χ1) is 5.53. The zero-order valence-electron chi connectivity index (χ0n) is 8.26. The van der Waals surface area contributed by atoms with E-state index >= 15 is 0 Å². The summed E-state index contributed by atoms with van der Waals surface area (Å²) in [4.78, 5) is 0. The molecule has 0 aliphatic heterocycles. The SMILES string of the molecule is CSC(C)(C)CNC1CC(N)C1. The van der Waals surface area contributed by atoms with Gasteiger partial charge in [-0.15, -0.1) is 0 Å². The van der Waals surface area contributed by atoms with E-state index in [9.17, 15) is 0 Å². The monoisotopic (exact) mass is 188 g/mol. The van der Waals surface area contributed by atoms with E-state index in [0.29, 0.717) is 16.8 Å². The molecule has 1 saturated carbocycles. The normalized spacial score (nSPS) is 30.0. The molecule has 1 aliphatic rings. The van der Waals surface area contributed by atoms with Gasteiger partial charge in [0, 0.05) is 23.4 Å². The summed E-state index contributed by atoms with van der Waals surface area (Å²) >= 11 is 1.91. The average Bonchev–Trinajstić information content (AvgIpc) is 1.96. The summed E-state index contributed by atoms with van der Waals surface area (Å²) in [5, 5.41) is 3.54. The van der Waals surface area contributed by atoms with Crippen LogP contribution in [0.2, 0.25) is 0 Å². The molecule has 0 atom stereocenters. The Hall–Kier alpha value is 0.270. The lowest BCUT2D eigenvalue weighted by atomic mass is 9.87. The highest BCUT2D eigenvalue weighted by molar-refractivity contribution is 7.99. The lowest BCUT2D eigenvalue weighted by molar-refractivity contribution is 0.287. The van der Waals surface area contributed by atoms with Crippen molar-refractivity contribution in [3.8, 4) is 0 Å². The van der Waals surface area contributed by atoms with Gasteiger partial charge in [0.05, 0.1) is 0 Å². The third-order valence-electron chi connectivity index (χ3n) is 2.54. The third kappa shape index (κ3) is 2.96. The van der Waals surface area contributed by atoms with Crippen LogP contribution in [0.4, 0.5) is 0 Å². The number of hydrogen-bond donors (Lipinski definition) is 2. The topological polar surface area (TPSA) is 38.0 Å². The summed E-state index contributed by atoms with van der Waals surface area (Å²) in [5.41, 5.74) is 5.70. The van der Waals surface area contributed by atoms with Gasteiger partial charge in [-0.3, -0.25) is 0 Å². The predicted molar refractivity (Wildman–Crippen MR) is 56.6 cm³/mol. The van der Waals surface area contributed by atoms with Gasteiger partial charge >= 0.3 is 0 Å². The van der Waals surface area contributed by atoms with Crippen molar-refractivity contribution in [1.29, 1.82) is 0 Å². The molecule has 0 heterocycles. The summed E-state index contributed by atoms with van der Waals surface area (Å²) < 4.78 is 0.361. The molecule has 72 valence electrons. The van der Waals surface area contributed by atoms with Crippen LogP contribution in [0.1, 0.15) is 26.7 Å². The smallest absolute Gasteiger partial charge is 0.0225 e. The van der Waals surface area contributed by atoms with Crippen LogP contribution in [0, 0.1) is 0 Å². The summed E-state index contributed by atoms with van der Waals surface area (Å²) in [7, 11) is 0. The van der Waals surface area contributed by atoms with E-state index < -0.39 is 0 Å². The van der Waals surface area contributed by atoms with Gasteiger partial charge in [-0.25, -0.2) is 0 Å². The van der Waals surface area contributed by atoms with Crippen molar-refractivity contribution in [2.45, 2.75) is 43.5 Å². The van der Waals surface area contributed by atoms with Gasteiger partial charge in [0.25, 0.3) is 0 Å². The van der Waals surface area contributed by atoms with Gasteiger partial charge in [0.2, 0.25) is 0 Å². The molecule has 0 amide bonds. The second kappa shape index (κ2) is 3.99. The maximum Gasteiger partial charge on any atom is 0.0225 e. The molecule has 0 bridgehead atoms. The molecule has 2 nitrogen and oxygen atoms in total. The highest BCUT2D eigenvalue weighted by atomic mass is 32.2. The first kappa shape index (κ1) is 10.4. The van der Waals surface area contributed by atoms with Crippen molar-refractivity contribution in [3.63, 3.8) is 0 Å². The zero-order valence-corrected chi connectivity index (χ0v) is 9.08. The van der Waals surface area contributed by atoms with Gasteiger partial charge in [-0.2, -0.15) is 11.8 Å².